The molecule has 0 atom stereocenters. The van der Waals surface area contributed by atoms with Crippen molar-refractivity contribution in [3.63, 3.8) is 0 Å². The highest BCUT2D eigenvalue weighted by molar-refractivity contribution is 6.04. The molecule has 0 aliphatic carbocycles. The number of pyridine rings is 3. The second-order valence-electron chi connectivity index (χ2n) is 9.17. The van der Waals surface area contributed by atoms with Crippen molar-refractivity contribution in [3.05, 3.63) is 103 Å². The van der Waals surface area contributed by atoms with Gasteiger partial charge in [-0.05, 0) is 74.0 Å². The van der Waals surface area contributed by atoms with Gasteiger partial charge in [-0.15, -0.1) is 0 Å². The fourth-order valence-corrected chi connectivity index (χ4v) is 4.39. The highest BCUT2D eigenvalue weighted by atomic mass is 16.5. The predicted molar refractivity (Wildman–Crippen MR) is 150 cm³/mol. The molecule has 5 aromatic rings. The van der Waals surface area contributed by atoms with Crippen LogP contribution in [0, 0.1) is 6.92 Å². The number of aryl methyl sites for hydroxylation is 1. The van der Waals surface area contributed by atoms with Crippen LogP contribution in [0.25, 0.3) is 10.9 Å². The molecule has 0 unspecified atom stereocenters. The molecule has 2 aromatic carbocycles. The number of ether oxygens (including phenoxy) is 1. The minimum atomic E-state index is -0.266. The predicted octanol–water partition coefficient (Wildman–Crippen LogP) is 6.33. The third-order valence-electron chi connectivity index (χ3n) is 6.40. The molecule has 0 spiro atoms. The van der Waals surface area contributed by atoms with E-state index in [-0.39, 0.29) is 5.91 Å². The number of fused-ring (bicyclic) bond motifs is 1. The summed E-state index contributed by atoms with van der Waals surface area (Å²) in [4.78, 5) is 28.4. The molecule has 1 fully saturated rings. The number of carbonyl (C=O) groups excluding carboxylic acids is 1. The number of anilines is 4. The van der Waals surface area contributed by atoms with Crippen molar-refractivity contribution in [2.45, 2.75) is 13.3 Å². The molecule has 8 nitrogen and oxygen atoms in total. The first-order chi connectivity index (χ1) is 18.6. The molecule has 6 rings (SSSR count). The highest BCUT2D eigenvalue weighted by Gasteiger charge is 2.16. The van der Waals surface area contributed by atoms with Crippen LogP contribution in [0.3, 0.4) is 0 Å². The lowest BCUT2D eigenvalue weighted by Gasteiger charge is -2.33. The van der Waals surface area contributed by atoms with Crippen molar-refractivity contribution in [2.75, 3.05) is 28.6 Å². The number of rotatable bonds is 7. The van der Waals surface area contributed by atoms with Crippen molar-refractivity contribution in [3.8, 4) is 11.5 Å². The number of hydrogen-bond acceptors (Lipinski definition) is 7. The third kappa shape index (κ3) is 5.10. The number of amides is 1. The summed E-state index contributed by atoms with van der Waals surface area (Å²) < 4.78 is 5.82. The molecular formula is C30H26N6O2. The van der Waals surface area contributed by atoms with Crippen molar-refractivity contribution < 1.29 is 9.53 Å². The summed E-state index contributed by atoms with van der Waals surface area (Å²) >= 11 is 0. The maximum Gasteiger partial charge on any atom is 0.256 e. The van der Waals surface area contributed by atoms with Crippen LogP contribution < -0.4 is 20.3 Å². The smallest absolute Gasteiger partial charge is 0.256 e. The van der Waals surface area contributed by atoms with Crippen LogP contribution in [0.1, 0.15) is 22.5 Å². The van der Waals surface area contributed by atoms with Crippen LogP contribution in [-0.2, 0) is 0 Å². The zero-order valence-electron chi connectivity index (χ0n) is 20.9. The van der Waals surface area contributed by atoms with Crippen LogP contribution >= 0.6 is 0 Å². The van der Waals surface area contributed by atoms with Crippen LogP contribution in [-0.4, -0.2) is 33.9 Å². The summed E-state index contributed by atoms with van der Waals surface area (Å²) in [5, 5.41) is 7.41. The highest BCUT2D eigenvalue weighted by Crippen LogP contribution is 2.32. The Balaban J connectivity index is 1.21. The van der Waals surface area contributed by atoms with Crippen molar-refractivity contribution in [2.24, 2.45) is 0 Å². The number of benzene rings is 2. The Morgan fingerprint density at radius 3 is 2.58 bits per heavy atom. The third-order valence-corrected chi connectivity index (χ3v) is 6.40. The molecule has 2 N–H and O–H groups in total. The summed E-state index contributed by atoms with van der Waals surface area (Å²) in [7, 11) is 0. The van der Waals surface area contributed by atoms with E-state index in [4.69, 9.17) is 9.72 Å². The average molecular weight is 503 g/mol. The van der Waals surface area contributed by atoms with Crippen molar-refractivity contribution in [1.29, 1.82) is 0 Å². The van der Waals surface area contributed by atoms with Gasteiger partial charge in [-0.3, -0.25) is 14.8 Å². The first-order valence-corrected chi connectivity index (χ1v) is 12.5. The SMILES string of the molecule is Cc1cc(Nc2cccc(C(=O)Nc3cc(Oc4ccncc4)ccn3)c2)c2cc(N3CCC3)ccc2n1. The Bertz CT molecular complexity index is 1620. The number of nitrogens with one attached hydrogen (secondary N) is 2. The van der Waals surface area contributed by atoms with Gasteiger partial charge in [0.05, 0.1) is 5.52 Å². The monoisotopic (exact) mass is 502 g/mol. The summed E-state index contributed by atoms with van der Waals surface area (Å²) in [5.41, 5.74) is 5.33. The average Bonchev–Trinajstić information content (AvgIpc) is 2.89. The van der Waals surface area contributed by atoms with Gasteiger partial charge in [0.1, 0.15) is 17.3 Å². The van der Waals surface area contributed by atoms with Crippen molar-refractivity contribution in [1.82, 2.24) is 15.0 Å². The van der Waals surface area contributed by atoms with E-state index < -0.39 is 0 Å². The fraction of sp³-hybridized carbons (Fsp3) is 0.133. The number of hydrogen-bond donors (Lipinski definition) is 2. The molecule has 1 aliphatic rings. The Kier molecular flexibility index (Phi) is 6.27. The standard InChI is InChI=1S/C30H26N6O2/c1-20-16-28(26-18-23(36-14-3-15-36)6-7-27(26)33-20)34-22-5-2-4-21(17-22)30(37)35-29-19-25(10-13-32-29)38-24-8-11-31-12-9-24/h2,4-13,16-19H,3,14-15H2,1H3,(H,33,34)(H,32,35,37). The van der Waals surface area contributed by atoms with Crippen LogP contribution in [0.4, 0.5) is 22.9 Å². The maximum absolute atomic E-state index is 13.1. The van der Waals surface area contributed by atoms with Gasteiger partial charge in [0.15, 0.2) is 0 Å². The lowest BCUT2D eigenvalue weighted by molar-refractivity contribution is 0.102. The first-order valence-electron chi connectivity index (χ1n) is 12.5. The van der Waals surface area contributed by atoms with E-state index in [0.29, 0.717) is 22.9 Å². The van der Waals surface area contributed by atoms with Gasteiger partial charge in [0, 0.05) is 71.5 Å². The van der Waals surface area contributed by atoms with E-state index in [2.05, 4.69) is 43.7 Å². The summed E-state index contributed by atoms with van der Waals surface area (Å²) in [6.07, 6.45) is 6.13. The summed E-state index contributed by atoms with van der Waals surface area (Å²) in [6, 6.07) is 22.8. The second-order valence-corrected chi connectivity index (χ2v) is 9.17. The quantitative estimate of drug-likeness (QED) is 0.269. The Labute approximate surface area is 220 Å². The topological polar surface area (TPSA) is 92.3 Å². The van der Waals surface area contributed by atoms with E-state index in [1.807, 2.05) is 31.2 Å². The number of nitrogens with zero attached hydrogens (tertiary/aromatic N) is 4. The summed E-state index contributed by atoms with van der Waals surface area (Å²) in [5.74, 6) is 1.35. The molecule has 0 saturated carbocycles. The number of aromatic nitrogens is 3. The van der Waals surface area contributed by atoms with E-state index in [0.717, 1.165) is 41.1 Å². The van der Waals surface area contributed by atoms with E-state index in [1.54, 1.807) is 48.9 Å². The Morgan fingerprint density at radius 1 is 0.921 bits per heavy atom. The molecule has 4 heterocycles. The Morgan fingerprint density at radius 2 is 1.76 bits per heavy atom. The molecule has 8 heteroatoms. The molecule has 3 aromatic heterocycles. The minimum Gasteiger partial charge on any atom is -0.457 e. The van der Waals surface area contributed by atoms with Crippen molar-refractivity contribution >= 4 is 39.7 Å². The van der Waals surface area contributed by atoms with E-state index >= 15 is 0 Å². The molecule has 38 heavy (non-hydrogen) atoms. The van der Waals surface area contributed by atoms with Gasteiger partial charge in [-0.1, -0.05) is 6.07 Å². The summed E-state index contributed by atoms with van der Waals surface area (Å²) in [6.45, 7) is 4.15. The van der Waals surface area contributed by atoms with Gasteiger partial charge < -0.3 is 20.3 Å². The molecule has 1 saturated heterocycles. The van der Waals surface area contributed by atoms with Gasteiger partial charge in [0.25, 0.3) is 5.91 Å². The van der Waals surface area contributed by atoms with Gasteiger partial charge in [0.2, 0.25) is 0 Å². The Hall–Kier alpha value is -4.98. The molecule has 0 radical (unpaired) electrons. The molecule has 1 amide bonds. The molecule has 1 aliphatic heterocycles. The zero-order valence-corrected chi connectivity index (χ0v) is 20.9. The first kappa shape index (κ1) is 23.4. The van der Waals surface area contributed by atoms with E-state index in [1.165, 1.54) is 12.1 Å². The lowest BCUT2D eigenvalue weighted by Crippen LogP contribution is -2.36. The fourth-order valence-electron chi connectivity index (χ4n) is 4.39. The van der Waals surface area contributed by atoms with Crippen LogP contribution in [0.5, 0.6) is 11.5 Å². The zero-order chi connectivity index (χ0) is 25.9. The van der Waals surface area contributed by atoms with Gasteiger partial charge >= 0.3 is 0 Å². The normalized spacial score (nSPS) is 12.6. The lowest BCUT2D eigenvalue weighted by atomic mass is 10.1. The molecule has 0 bridgehead atoms. The van der Waals surface area contributed by atoms with Crippen LogP contribution in [0.15, 0.2) is 91.4 Å². The van der Waals surface area contributed by atoms with Crippen LogP contribution in [0.2, 0.25) is 0 Å². The second kappa shape index (κ2) is 10.2. The van der Waals surface area contributed by atoms with E-state index in [9.17, 15) is 4.79 Å². The molecular weight excluding hydrogens is 476 g/mol. The van der Waals surface area contributed by atoms with Gasteiger partial charge in [-0.2, -0.15) is 0 Å². The maximum atomic E-state index is 13.1. The molecule has 188 valence electrons. The number of carbonyl (C=O) groups is 1. The van der Waals surface area contributed by atoms with Gasteiger partial charge in [-0.25, -0.2) is 4.98 Å². The minimum absolute atomic E-state index is 0.266. The largest absolute Gasteiger partial charge is 0.457 e.